The van der Waals surface area contributed by atoms with E-state index < -0.39 is 24.1 Å². The van der Waals surface area contributed by atoms with Crippen LogP contribution in [0.15, 0.2) is 0 Å². The monoisotopic (exact) mass is 188 g/mol. The summed E-state index contributed by atoms with van der Waals surface area (Å²) in [5, 5.41) is 8.85. The molecule has 0 aromatic carbocycles. The highest BCUT2D eigenvalue weighted by atomic mass is 16.6. The smallest absolute Gasteiger partial charge is 0.347 e. The molecule has 5 nitrogen and oxygen atoms in total. The summed E-state index contributed by atoms with van der Waals surface area (Å²) >= 11 is 0. The molecule has 0 spiro atoms. The van der Waals surface area contributed by atoms with Crippen molar-refractivity contribution in [2.75, 3.05) is 6.61 Å². The molecule has 1 aliphatic rings. The van der Waals surface area contributed by atoms with E-state index in [9.17, 15) is 9.59 Å². The Labute approximate surface area is 75.6 Å². The van der Waals surface area contributed by atoms with Crippen molar-refractivity contribution in [3.05, 3.63) is 0 Å². The highest BCUT2D eigenvalue weighted by molar-refractivity contribution is 5.80. The molecule has 0 bridgehead atoms. The molecule has 1 heterocycles. The van der Waals surface area contributed by atoms with E-state index in [4.69, 9.17) is 9.84 Å². The lowest BCUT2D eigenvalue weighted by molar-refractivity contribution is -0.161. The Morgan fingerprint density at radius 2 is 2.54 bits per heavy atom. The largest absolute Gasteiger partial charge is 0.463 e. The number of rotatable bonds is 3. The molecule has 1 aliphatic heterocycles. The molecule has 0 radical (unpaired) electrons. The first kappa shape index (κ1) is 9.98. The first-order valence-electron chi connectivity index (χ1n) is 4.14. The Kier molecular flexibility index (Phi) is 3.25. The van der Waals surface area contributed by atoms with Gasteiger partial charge in [0.1, 0.15) is 0 Å². The zero-order valence-corrected chi connectivity index (χ0v) is 7.36. The Morgan fingerprint density at radius 1 is 1.85 bits per heavy atom. The Bertz CT molecular complexity index is 211. The first-order chi connectivity index (χ1) is 6.09. The average molecular weight is 188 g/mol. The van der Waals surface area contributed by atoms with Gasteiger partial charge in [0.05, 0.1) is 19.1 Å². The van der Waals surface area contributed by atoms with Gasteiger partial charge in [-0.3, -0.25) is 4.79 Å². The lowest BCUT2D eigenvalue weighted by Crippen LogP contribution is -2.24. The van der Waals surface area contributed by atoms with Crippen LogP contribution in [-0.4, -0.2) is 35.9 Å². The molecular weight excluding hydrogens is 176 g/mol. The number of ether oxygens (including phenoxy) is 2. The number of aliphatic hydroxyl groups excluding tert-OH is 1. The maximum atomic E-state index is 11.0. The van der Waals surface area contributed by atoms with Gasteiger partial charge >= 0.3 is 11.9 Å². The molecule has 1 N–H and O–H groups in total. The van der Waals surface area contributed by atoms with Crippen LogP contribution in [0.5, 0.6) is 0 Å². The van der Waals surface area contributed by atoms with Gasteiger partial charge in [0.15, 0.2) is 0 Å². The molecule has 5 heteroatoms. The molecular formula is C8H12O5. The highest BCUT2D eigenvalue weighted by Crippen LogP contribution is 2.11. The van der Waals surface area contributed by atoms with Crippen molar-refractivity contribution < 1.29 is 24.2 Å². The second kappa shape index (κ2) is 4.23. The Balaban J connectivity index is 2.31. The molecule has 0 amide bonds. The quantitative estimate of drug-likeness (QED) is 0.611. The van der Waals surface area contributed by atoms with Crippen molar-refractivity contribution in [2.24, 2.45) is 0 Å². The summed E-state index contributed by atoms with van der Waals surface area (Å²) < 4.78 is 9.35. The van der Waals surface area contributed by atoms with Gasteiger partial charge in [-0.2, -0.15) is 0 Å². The topological polar surface area (TPSA) is 72.8 Å². The molecule has 1 rings (SSSR count). The van der Waals surface area contributed by atoms with E-state index in [-0.39, 0.29) is 6.42 Å². The van der Waals surface area contributed by atoms with Gasteiger partial charge in [0.25, 0.3) is 0 Å². The van der Waals surface area contributed by atoms with Crippen LogP contribution in [0.2, 0.25) is 0 Å². The van der Waals surface area contributed by atoms with Crippen LogP contribution in [0.1, 0.15) is 19.8 Å². The van der Waals surface area contributed by atoms with Crippen molar-refractivity contribution in [1.29, 1.82) is 0 Å². The molecule has 2 atom stereocenters. The van der Waals surface area contributed by atoms with Gasteiger partial charge in [-0.25, -0.2) is 4.79 Å². The SMILES string of the molecule is CC(O)CC(=O)OC1CCOC1=O. The van der Waals surface area contributed by atoms with E-state index in [0.717, 1.165) is 0 Å². The van der Waals surface area contributed by atoms with Crippen LogP contribution in [0, 0.1) is 0 Å². The lowest BCUT2D eigenvalue weighted by Gasteiger charge is -2.08. The van der Waals surface area contributed by atoms with Gasteiger partial charge in [-0.15, -0.1) is 0 Å². The number of hydrogen-bond acceptors (Lipinski definition) is 5. The minimum atomic E-state index is -0.772. The van der Waals surface area contributed by atoms with Crippen LogP contribution in [0.25, 0.3) is 0 Å². The molecule has 1 saturated heterocycles. The van der Waals surface area contributed by atoms with Gasteiger partial charge in [-0.05, 0) is 6.92 Å². The van der Waals surface area contributed by atoms with E-state index in [1.165, 1.54) is 6.92 Å². The van der Waals surface area contributed by atoms with E-state index in [1.54, 1.807) is 0 Å². The van der Waals surface area contributed by atoms with Crippen LogP contribution in [0.3, 0.4) is 0 Å². The number of cyclic esters (lactones) is 1. The number of carbonyl (C=O) groups excluding carboxylic acids is 2. The van der Waals surface area contributed by atoms with Crippen LogP contribution >= 0.6 is 0 Å². The summed E-state index contributed by atoms with van der Waals surface area (Å²) in [6.45, 7) is 1.78. The number of hydrogen-bond donors (Lipinski definition) is 1. The fraction of sp³-hybridized carbons (Fsp3) is 0.750. The van der Waals surface area contributed by atoms with E-state index in [1.807, 2.05) is 0 Å². The molecule has 2 unspecified atom stereocenters. The predicted molar refractivity (Wildman–Crippen MR) is 41.8 cm³/mol. The summed E-state index contributed by atoms with van der Waals surface area (Å²) in [6, 6.07) is 0. The fourth-order valence-electron chi connectivity index (χ4n) is 1.03. The third-order valence-corrected chi connectivity index (χ3v) is 1.62. The summed E-state index contributed by atoms with van der Waals surface area (Å²) in [6.07, 6.45) is -1.20. The molecule has 0 aromatic heterocycles. The maximum Gasteiger partial charge on any atom is 0.347 e. The maximum absolute atomic E-state index is 11.0. The van der Waals surface area contributed by atoms with Gasteiger partial charge in [0, 0.05) is 6.42 Å². The number of aliphatic hydroxyl groups is 1. The predicted octanol–water partition coefficient (Wildman–Crippen LogP) is -0.384. The Hall–Kier alpha value is -1.10. The van der Waals surface area contributed by atoms with Crippen LogP contribution in [0.4, 0.5) is 0 Å². The van der Waals surface area contributed by atoms with Crippen molar-refractivity contribution in [2.45, 2.75) is 32.0 Å². The average Bonchev–Trinajstić information content (AvgIpc) is 2.34. The van der Waals surface area contributed by atoms with Gasteiger partial charge < -0.3 is 14.6 Å². The third kappa shape index (κ3) is 3.02. The molecule has 0 aliphatic carbocycles. The highest BCUT2D eigenvalue weighted by Gasteiger charge is 2.30. The normalized spacial score (nSPS) is 23.8. The zero-order chi connectivity index (χ0) is 9.84. The minimum absolute atomic E-state index is 0.0935. The molecule has 74 valence electrons. The lowest BCUT2D eigenvalue weighted by atomic mass is 10.3. The molecule has 1 fully saturated rings. The molecule has 0 aromatic rings. The van der Waals surface area contributed by atoms with Crippen molar-refractivity contribution >= 4 is 11.9 Å². The van der Waals surface area contributed by atoms with E-state index in [2.05, 4.69) is 4.74 Å². The first-order valence-corrected chi connectivity index (χ1v) is 4.14. The molecule has 13 heavy (non-hydrogen) atoms. The minimum Gasteiger partial charge on any atom is -0.463 e. The van der Waals surface area contributed by atoms with Crippen molar-refractivity contribution in [3.8, 4) is 0 Å². The second-order valence-corrected chi connectivity index (χ2v) is 2.99. The standard InChI is InChI=1S/C8H12O5/c1-5(9)4-7(10)13-6-2-3-12-8(6)11/h5-6,9H,2-4H2,1H3. The van der Waals surface area contributed by atoms with E-state index >= 15 is 0 Å². The third-order valence-electron chi connectivity index (χ3n) is 1.62. The number of esters is 2. The van der Waals surface area contributed by atoms with Gasteiger partial charge in [0.2, 0.25) is 6.10 Å². The van der Waals surface area contributed by atoms with Crippen LogP contribution in [-0.2, 0) is 19.1 Å². The summed E-state index contributed by atoms with van der Waals surface area (Å²) in [7, 11) is 0. The van der Waals surface area contributed by atoms with E-state index in [0.29, 0.717) is 13.0 Å². The van der Waals surface area contributed by atoms with Crippen molar-refractivity contribution in [1.82, 2.24) is 0 Å². The molecule has 0 saturated carbocycles. The van der Waals surface area contributed by atoms with Crippen molar-refractivity contribution in [3.63, 3.8) is 0 Å². The van der Waals surface area contributed by atoms with Gasteiger partial charge in [-0.1, -0.05) is 0 Å². The summed E-state index contributed by atoms with van der Waals surface area (Å²) in [5.74, 6) is -1.07. The summed E-state index contributed by atoms with van der Waals surface area (Å²) in [4.78, 5) is 21.8. The summed E-state index contributed by atoms with van der Waals surface area (Å²) in [5.41, 5.74) is 0. The second-order valence-electron chi connectivity index (χ2n) is 2.99. The van der Waals surface area contributed by atoms with Crippen LogP contribution < -0.4 is 0 Å². The zero-order valence-electron chi connectivity index (χ0n) is 7.36. The Morgan fingerprint density at radius 3 is 3.00 bits per heavy atom. The number of carbonyl (C=O) groups is 2. The fourth-order valence-corrected chi connectivity index (χ4v) is 1.03.